The summed E-state index contributed by atoms with van der Waals surface area (Å²) in [5, 5.41) is 10.0. The van der Waals surface area contributed by atoms with Crippen molar-refractivity contribution in [3.05, 3.63) is 32.7 Å². The number of rotatable bonds is 4. The van der Waals surface area contributed by atoms with E-state index in [0.29, 0.717) is 5.92 Å². The molecule has 0 atom stereocenters. The van der Waals surface area contributed by atoms with Gasteiger partial charge in [-0.15, -0.1) is 11.3 Å². The van der Waals surface area contributed by atoms with Crippen LogP contribution in [0.2, 0.25) is 0 Å². The van der Waals surface area contributed by atoms with E-state index in [-0.39, 0.29) is 0 Å². The molecule has 0 spiro atoms. The highest BCUT2D eigenvalue weighted by molar-refractivity contribution is 9.10. The first-order valence-corrected chi connectivity index (χ1v) is 7.24. The molecule has 0 radical (unpaired) electrons. The van der Waals surface area contributed by atoms with Crippen molar-refractivity contribution in [2.75, 3.05) is 5.32 Å². The first kappa shape index (κ1) is 12.6. The minimum Gasteiger partial charge on any atom is -0.377 e. The van der Waals surface area contributed by atoms with Crippen molar-refractivity contribution < 1.29 is 0 Å². The minimum atomic E-state index is 0.436. The minimum absolute atomic E-state index is 0.436. The Morgan fingerprint density at radius 2 is 2.29 bits per heavy atom. The Balaban J connectivity index is 2.11. The van der Waals surface area contributed by atoms with Crippen molar-refractivity contribution in [2.24, 2.45) is 7.05 Å². The molecule has 0 bridgehead atoms. The van der Waals surface area contributed by atoms with Crippen LogP contribution in [0.4, 0.5) is 5.69 Å². The van der Waals surface area contributed by atoms with Crippen LogP contribution in [0, 0.1) is 0 Å². The maximum absolute atomic E-state index is 4.48. The molecule has 0 aromatic carbocycles. The van der Waals surface area contributed by atoms with Gasteiger partial charge in [0.1, 0.15) is 0 Å². The Bertz CT molecular complexity index is 502. The number of aromatic nitrogens is 2. The summed E-state index contributed by atoms with van der Waals surface area (Å²) < 4.78 is 3.03. The maximum atomic E-state index is 4.48. The summed E-state index contributed by atoms with van der Waals surface area (Å²) in [6.07, 6.45) is 2.04. The van der Waals surface area contributed by atoms with Crippen molar-refractivity contribution in [3.8, 4) is 0 Å². The van der Waals surface area contributed by atoms with Crippen molar-refractivity contribution in [1.29, 1.82) is 0 Å². The Morgan fingerprint density at radius 1 is 1.53 bits per heavy atom. The van der Waals surface area contributed by atoms with Gasteiger partial charge in [0.2, 0.25) is 0 Å². The Kier molecular flexibility index (Phi) is 3.89. The fourth-order valence-corrected chi connectivity index (χ4v) is 3.13. The van der Waals surface area contributed by atoms with E-state index in [1.54, 1.807) is 11.3 Å². The molecule has 0 unspecified atom stereocenters. The SMILES string of the molecule is CC(C)c1nn(C)cc1NCc1sccc1Br. The summed E-state index contributed by atoms with van der Waals surface area (Å²) in [5.74, 6) is 0.436. The molecule has 0 fully saturated rings. The number of nitrogens with one attached hydrogen (secondary N) is 1. The van der Waals surface area contributed by atoms with E-state index < -0.39 is 0 Å². The van der Waals surface area contributed by atoms with Gasteiger partial charge in [-0.25, -0.2) is 0 Å². The fraction of sp³-hybridized carbons (Fsp3) is 0.417. The summed E-state index contributed by atoms with van der Waals surface area (Å²) in [5.41, 5.74) is 2.25. The number of nitrogens with zero attached hydrogens (tertiary/aromatic N) is 2. The normalized spacial score (nSPS) is 11.1. The molecule has 5 heteroatoms. The van der Waals surface area contributed by atoms with Gasteiger partial charge in [0, 0.05) is 22.6 Å². The number of thiophene rings is 1. The lowest BCUT2D eigenvalue weighted by molar-refractivity contribution is 0.713. The number of hydrogen-bond donors (Lipinski definition) is 1. The molecule has 92 valence electrons. The lowest BCUT2D eigenvalue weighted by Crippen LogP contribution is -2.01. The predicted octanol–water partition coefficient (Wildman–Crippen LogP) is 3.98. The molecule has 2 rings (SSSR count). The maximum Gasteiger partial charge on any atom is 0.0881 e. The van der Waals surface area contributed by atoms with E-state index in [9.17, 15) is 0 Å². The molecule has 17 heavy (non-hydrogen) atoms. The zero-order valence-corrected chi connectivity index (χ0v) is 12.6. The molecular formula is C12H16BrN3S. The van der Waals surface area contributed by atoms with Crippen molar-refractivity contribution in [3.63, 3.8) is 0 Å². The third-order valence-electron chi connectivity index (χ3n) is 2.53. The van der Waals surface area contributed by atoms with Gasteiger partial charge in [-0.05, 0) is 33.3 Å². The molecule has 3 nitrogen and oxygen atoms in total. The molecular weight excluding hydrogens is 298 g/mol. The van der Waals surface area contributed by atoms with E-state index in [1.807, 2.05) is 17.9 Å². The number of halogens is 1. The molecule has 0 aliphatic carbocycles. The second-order valence-electron chi connectivity index (χ2n) is 4.30. The van der Waals surface area contributed by atoms with Crippen LogP contribution in [0.25, 0.3) is 0 Å². The molecule has 2 heterocycles. The van der Waals surface area contributed by atoms with Crippen molar-refractivity contribution in [1.82, 2.24) is 9.78 Å². The monoisotopic (exact) mass is 313 g/mol. The molecule has 0 amide bonds. The average Bonchev–Trinajstić information content (AvgIpc) is 2.82. The topological polar surface area (TPSA) is 29.9 Å². The van der Waals surface area contributed by atoms with Crippen LogP contribution in [0.5, 0.6) is 0 Å². The van der Waals surface area contributed by atoms with Gasteiger partial charge in [0.15, 0.2) is 0 Å². The van der Waals surface area contributed by atoms with Crippen LogP contribution in [0.15, 0.2) is 22.1 Å². The van der Waals surface area contributed by atoms with Crippen LogP contribution in [-0.2, 0) is 13.6 Å². The van der Waals surface area contributed by atoms with Crippen molar-refractivity contribution in [2.45, 2.75) is 26.3 Å². The standard InChI is InChI=1S/C12H16BrN3S/c1-8(2)12-10(7-16(3)15-12)14-6-11-9(13)4-5-17-11/h4-5,7-8,14H,6H2,1-3H3. The average molecular weight is 314 g/mol. The molecule has 0 saturated heterocycles. The summed E-state index contributed by atoms with van der Waals surface area (Å²) in [6.45, 7) is 5.16. The zero-order chi connectivity index (χ0) is 12.4. The second kappa shape index (κ2) is 5.23. The Hall–Kier alpha value is -0.810. The van der Waals surface area contributed by atoms with E-state index in [0.717, 1.165) is 17.9 Å². The highest BCUT2D eigenvalue weighted by Crippen LogP contribution is 2.26. The lowest BCUT2D eigenvalue weighted by Gasteiger charge is -2.07. The number of hydrogen-bond acceptors (Lipinski definition) is 3. The van der Waals surface area contributed by atoms with Gasteiger partial charge >= 0.3 is 0 Å². The van der Waals surface area contributed by atoms with E-state index in [4.69, 9.17) is 0 Å². The van der Waals surface area contributed by atoms with Crippen molar-refractivity contribution >= 4 is 33.0 Å². The summed E-state index contributed by atoms with van der Waals surface area (Å²) in [7, 11) is 1.96. The Morgan fingerprint density at radius 3 is 2.88 bits per heavy atom. The van der Waals surface area contributed by atoms with E-state index >= 15 is 0 Å². The Labute approximate surface area is 114 Å². The fourth-order valence-electron chi connectivity index (χ4n) is 1.70. The quantitative estimate of drug-likeness (QED) is 0.925. The number of aryl methyl sites for hydroxylation is 1. The zero-order valence-electron chi connectivity index (χ0n) is 10.2. The van der Waals surface area contributed by atoms with Gasteiger partial charge in [0.05, 0.1) is 17.9 Å². The third-order valence-corrected chi connectivity index (χ3v) is 4.46. The van der Waals surface area contributed by atoms with Gasteiger partial charge in [-0.1, -0.05) is 13.8 Å². The van der Waals surface area contributed by atoms with Crippen LogP contribution >= 0.6 is 27.3 Å². The van der Waals surface area contributed by atoms with E-state index in [1.165, 1.54) is 9.35 Å². The lowest BCUT2D eigenvalue weighted by atomic mass is 10.1. The molecule has 1 N–H and O–H groups in total. The van der Waals surface area contributed by atoms with Crippen LogP contribution in [0.1, 0.15) is 30.3 Å². The molecule has 0 aliphatic rings. The van der Waals surface area contributed by atoms with Gasteiger partial charge < -0.3 is 5.32 Å². The number of anilines is 1. The van der Waals surface area contributed by atoms with E-state index in [2.05, 4.69) is 51.6 Å². The molecule has 2 aromatic heterocycles. The highest BCUT2D eigenvalue weighted by atomic mass is 79.9. The van der Waals surface area contributed by atoms with Crippen LogP contribution < -0.4 is 5.32 Å². The van der Waals surface area contributed by atoms with Gasteiger partial charge in [-0.2, -0.15) is 5.10 Å². The summed E-state index contributed by atoms with van der Waals surface area (Å²) in [4.78, 5) is 1.31. The smallest absolute Gasteiger partial charge is 0.0881 e. The second-order valence-corrected chi connectivity index (χ2v) is 6.16. The third kappa shape index (κ3) is 2.90. The molecule has 2 aromatic rings. The summed E-state index contributed by atoms with van der Waals surface area (Å²) in [6, 6.07) is 2.08. The first-order chi connectivity index (χ1) is 8.08. The molecule has 0 aliphatic heterocycles. The van der Waals surface area contributed by atoms with Gasteiger partial charge in [-0.3, -0.25) is 4.68 Å². The largest absolute Gasteiger partial charge is 0.377 e. The first-order valence-electron chi connectivity index (χ1n) is 5.57. The van der Waals surface area contributed by atoms with Crippen LogP contribution in [0.3, 0.4) is 0 Å². The molecule has 0 saturated carbocycles. The van der Waals surface area contributed by atoms with Crippen LogP contribution in [-0.4, -0.2) is 9.78 Å². The summed E-state index contributed by atoms with van der Waals surface area (Å²) >= 11 is 5.30. The highest BCUT2D eigenvalue weighted by Gasteiger charge is 2.11. The predicted molar refractivity (Wildman–Crippen MR) is 76.6 cm³/mol. The van der Waals surface area contributed by atoms with Gasteiger partial charge in [0.25, 0.3) is 0 Å².